The van der Waals surface area contributed by atoms with Gasteiger partial charge in [-0.25, -0.2) is 4.39 Å². The number of hydrogen-bond donors (Lipinski definition) is 0. The third kappa shape index (κ3) is 4.72. The van der Waals surface area contributed by atoms with Crippen LogP contribution < -0.4 is 4.74 Å². The van der Waals surface area contributed by atoms with Crippen LogP contribution in [-0.2, 0) is 20.4 Å². The Balaban J connectivity index is 2.74. The maximum absolute atomic E-state index is 14.9. The van der Waals surface area contributed by atoms with Crippen molar-refractivity contribution < 1.29 is 18.7 Å². The third-order valence-corrected chi connectivity index (χ3v) is 5.72. The molecule has 0 saturated carbocycles. The lowest BCUT2D eigenvalue weighted by Crippen LogP contribution is -2.34. The molecule has 0 bridgehead atoms. The van der Waals surface area contributed by atoms with Gasteiger partial charge in [0.15, 0.2) is 12.6 Å². The van der Waals surface area contributed by atoms with Crippen molar-refractivity contribution in [3.63, 3.8) is 0 Å². The van der Waals surface area contributed by atoms with E-state index in [1.807, 2.05) is 6.92 Å². The molecule has 0 spiro atoms. The topological polar surface area (TPSA) is 35.5 Å². The molecule has 0 aliphatic heterocycles. The fourth-order valence-corrected chi connectivity index (χ4v) is 3.85. The van der Waals surface area contributed by atoms with E-state index < -0.39 is 5.83 Å². The summed E-state index contributed by atoms with van der Waals surface area (Å²) in [6.07, 6.45) is 5.15. The zero-order valence-electron chi connectivity index (χ0n) is 18.2. The largest absolute Gasteiger partial charge is 0.467 e. The van der Waals surface area contributed by atoms with Gasteiger partial charge in [-0.15, -0.1) is 0 Å². The van der Waals surface area contributed by atoms with Crippen LogP contribution in [0.15, 0.2) is 30.1 Å². The van der Waals surface area contributed by atoms with Crippen molar-refractivity contribution in [3.8, 4) is 5.75 Å². The number of methoxy groups -OCH3 is 1. The second-order valence-electron chi connectivity index (χ2n) is 8.84. The molecule has 1 aromatic carbocycles. The molecular weight excluding hydrogens is 355 g/mol. The van der Waals surface area contributed by atoms with E-state index in [9.17, 15) is 9.18 Å². The van der Waals surface area contributed by atoms with Crippen LogP contribution >= 0.6 is 0 Å². The molecule has 1 aromatic rings. The molecular formula is C24H33FO3. The van der Waals surface area contributed by atoms with Gasteiger partial charge in [0.05, 0.1) is 0 Å². The van der Waals surface area contributed by atoms with E-state index in [1.165, 1.54) is 30.2 Å². The highest BCUT2D eigenvalue weighted by Crippen LogP contribution is 2.49. The molecule has 0 radical (unpaired) electrons. The lowest BCUT2D eigenvalue weighted by atomic mass is 9.62. The summed E-state index contributed by atoms with van der Waals surface area (Å²) >= 11 is 0. The summed E-state index contributed by atoms with van der Waals surface area (Å²) in [5.74, 6) is 0.0252. The Morgan fingerprint density at radius 3 is 2.18 bits per heavy atom. The molecule has 4 heteroatoms. The first-order valence-corrected chi connectivity index (χ1v) is 9.92. The van der Waals surface area contributed by atoms with Gasteiger partial charge in [-0.3, -0.25) is 4.79 Å². The quantitative estimate of drug-likeness (QED) is 0.314. The Hall–Kier alpha value is -1.94. The summed E-state index contributed by atoms with van der Waals surface area (Å²) in [5.41, 5.74) is 3.77. The van der Waals surface area contributed by atoms with Crippen molar-refractivity contribution in [1.82, 2.24) is 0 Å². The van der Waals surface area contributed by atoms with Crippen molar-refractivity contribution in [2.75, 3.05) is 13.9 Å². The Morgan fingerprint density at radius 2 is 1.68 bits per heavy atom. The molecule has 1 aliphatic carbocycles. The molecule has 3 nitrogen and oxygen atoms in total. The zero-order valence-corrected chi connectivity index (χ0v) is 18.2. The van der Waals surface area contributed by atoms with Gasteiger partial charge < -0.3 is 9.47 Å². The number of hydrogen-bond acceptors (Lipinski definition) is 3. The third-order valence-electron chi connectivity index (χ3n) is 5.72. The molecule has 0 N–H and O–H groups in total. The molecule has 0 amide bonds. The van der Waals surface area contributed by atoms with Gasteiger partial charge in [0, 0.05) is 12.7 Å². The van der Waals surface area contributed by atoms with Gasteiger partial charge in [-0.1, -0.05) is 34.6 Å². The average Bonchev–Trinajstić information content (AvgIpc) is 2.63. The first-order valence-electron chi connectivity index (χ1n) is 9.92. The SMILES string of the molecule is CCC(=C(F)C=CC(C)=O)c1cc2c(cc1OCOC)C(C)(C)CCC2(C)C. The summed E-state index contributed by atoms with van der Waals surface area (Å²) < 4.78 is 25.9. The van der Waals surface area contributed by atoms with Gasteiger partial charge in [-0.05, 0) is 78.0 Å². The van der Waals surface area contributed by atoms with Crippen molar-refractivity contribution in [2.24, 2.45) is 0 Å². The standard InChI is InChI=1S/C24H33FO3/c1-8-17(21(25)10-9-16(2)26)18-13-19-20(14-22(18)28-15-27-7)24(5,6)12-11-23(19,3)4/h9-10,13-14H,8,11-12,15H2,1-7H3. The predicted octanol–water partition coefficient (Wildman–Crippen LogP) is 6.25. The minimum atomic E-state index is -0.409. The number of fused-ring (bicyclic) bond motifs is 1. The normalized spacial score (nSPS) is 18.6. The summed E-state index contributed by atoms with van der Waals surface area (Å²) in [4.78, 5) is 11.2. The molecule has 0 fully saturated rings. The number of ketones is 1. The van der Waals surface area contributed by atoms with E-state index in [4.69, 9.17) is 9.47 Å². The lowest BCUT2D eigenvalue weighted by molar-refractivity contribution is -0.112. The van der Waals surface area contributed by atoms with Gasteiger partial charge in [0.2, 0.25) is 0 Å². The summed E-state index contributed by atoms with van der Waals surface area (Å²) in [6.45, 7) is 12.4. The Morgan fingerprint density at radius 1 is 1.11 bits per heavy atom. The molecule has 28 heavy (non-hydrogen) atoms. The lowest BCUT2D eigenvalue weighted by Gasteiger charge is -2.42. The van der Waals surface area contributed by atoms with Crippen molar-refractivity contribution in [1.29, 1.82) is 0 Å². The Bertz CT molecular complexity index is 800. The monoisotopic (exact) mass is 388 g/mol. The second kappa shape index (κ2) is 8.60. The fourth-order valence-electron chi connectivity index (χ4n) is 3.85. The minimum Gasteiger partial charge on any atom is -0.467 e. The van der Waals surface area contributed by atoms with Crippen LogP contribution in [0.4, 0.5) is 4.39 Å². The number of carbonyl (C=O) groups is 1. The molecule has 0 unspecified atom stereocenters. The van der Waals surface area contributed by atoms with Crippen LogP contribution in [0.5, 0.6) is 5.75 Å². The number of rotatable bonds is 7. The smallest absolute Gasteiger partial charge is 0.188 e. The molecule has 0 heterocycles. The second-order valence-corrected chi connectivity index (χ2v) is 8.84. The summed E-state index contributed by atoms with van der Waals surface area (Å²) in [5, 5.41) is 0. The number of ether oxygens (including phenoxy) is 2. The van der Waals surface area contributed by atoms with Crippen LogP contribution in [0.1, 0.15) is 77.5 Å². The highest BCUT2D eigenvalue weighted by Gasteiger charge is 2.38. The average molecular weight is 389 g/mol. The maximum Gasteiger partial charge on any atom is 0.188 e. The predicted molar refractivity (Wildman–Crippen MR) is 112 cm³/mol. The van der Waals surface area contributed by atoms with E-state index in [-0.39, 0.29) is 23.4 Å². The van der Waals surface area contributed by atoms with Crippen molar-refractivity contribution in [3.05, 3.63) is 46.8 Å². The van der Waals surface area contributed by atoms with E-state index in [1.54, 1.807) is 7.11 Å². The molecule has 154 valence electrons. The Kier molecular flexibility index (Phi) is 6.87. The van der Waals surface area contributed by atoms with Crippen molar-refractivity contribution in [2.45, 2.75) is 71.6 Å². The van der Waals surface area contributed by atoms with E-state index >= 15 is 0 Å². The Labute approximate surface area is 168 Å². The number of allylic oxidation sites excluding steroid dienone is 4. The van der Waals surface area contributed by atoms with Crippen LogP contribution in [0.2, 0.25) is 0 Å². The van der Waals surface area contributed by atoms with Gasteiger partial charge in [0.25, 0.3) is 0 Å². The van der Waals surface area contributed by atoms with Gasteiger partial charge >= 0.3 is 0 Å². The van der Waals surface area contributed by atoms with Gasteiger partial charge in [0.1, 0.15) is 11.6 Å². The number of halogens is 1. The summed E-state index contributed by atoms with van der Waals surface area (Å²) in [6, 6.07) is 4.14. The van der Waals surface area contributed by atoms with Crippen LogP contribution in [0.3, 0.4) is 0 Å². The van der Waals surface area contributed by atoms with E-state index in [2.05, 4.69) is 39.8 Å². The van der Waals surface area contributed by atoms with Crippen LogP contribution in [0.25, 0.3) is 5.57 Å². The van der Waals surface area contributed by atoms with Crippen LogP contribution in [-0.4, -0.2) is 19.7 Å². The van der Waals surface area contributed by atoms with Gasteiger partial charge in [-0.2, -0.15) is 0 Å². The number of carbonyl (C=O) groups excluding carboxylic acids is 1. The summed E-state index contributed by atoms with van der Waals surface area (Å²) in [7, 11) is 1.57. The molecule has 0 atom stereocenters. The highest BCUT2D eigenvalue weighted by molar-refractivity contribution is 5.88. The fraction of sp³-hybridized carbons (Fsp3) is 0.542. The molecule has 1 aliphatic rings. The molecule has 0 saturated heterocycles. The maximum atomic E-state index is 14.9. The number of benzene rings is 1. The molecule has 2 rings (SSSR count). The van der Waals surface area contributed by atoms with E-state index in [0.717, 1.165) is 18.4 Å². The minimum absolute atomic E-state index is 0.00391. The first kappa shape index (κ1) is 22.4. The molecule has 0 aromatic heterocycles. The highest BCUT2D eigenvalue weighted by atomic mass is 19.1. The van der Waals surface area contributed by atoms with Crippen molar-refractivity contribution >= 4 is 11.4 Å². The van der Waals surface area contributed by atoms with E-state index in [0.29, 0.717) is 17.7 Å². The zero-order chi connectivity index (χ0) is 21.1. The first-order chi connectivity index (χ1) is 13.0. The van der Waals surface area contributed by atoms with Crippen LogP contribution in [0, 0.1) is 0 Å².